The van der Waals surface area contributed by atoms with E-state index < -0.39 is 0 Å². The average molecular weight is 637 g/mol. The van der Waals surface area contributed by atoms with Crippen molar-refractivity contribution in [2.45, 2.75) is 45.7 Å². The molecular formula is C43H40O5. The molecule has 0 aliphatic rings. The summed E-state index contributed by atoms with van der Waals surface area (Å²) in [6.07, 6.45) is 2.20. The van der Waals surface area contributed by atoms with Crippen molar-refractivity contribution in [3.63, 3.8) is 0 Å². The minimum absolute atomic E-state index is 0.167. The van der Waals surface area contributed by atoms with Crippen LogP contribution in [0.5, 0.6) is 28.7 Å². The van der Waals surface area contributed by atoms with Crippen molar-refractivity contribution in [2.75, 3.05) is 0 Å². The molecule has 5 heteroatoms. The zero-order valence-corrected chi connectivity index (χ0v) is 27.0. The highest BCUT2D eigenvalue weighted by atomic mass is 16.5. The largest absolute Gasteiger partial charge is 0.507 e. The van der Waals surface area contributed by atoms with E-state index in [1.54, 1.807) is 6.07 Å². The fourth-order valence-electron chi connectivity index (χ4n) is 5.43. The minimum atomic E-state index is 0.167. The smallest absolute Gasteiger partial charge is 0.161 e. The highest BCUT2D eigenvalue weighted by molar-refractivity contribution is 5.50. The molecule has 6 rings (SSSR count). The van der Waals surface area contributed by atoms with Gasteiger partial charge in [-0.25, -0.2) is 0 Å². The quantitative estimate of drug-likeness (QED) is 0.115. The first-order valence-electron chi connectivity index (χ1n) is 16.4. The maximum atomic E-state index is 11.2. The summed E-state index contributed by atoms with van der Waals surface area (Å²) in [5.74, 6) is 2.77. The predicted octanol–water partition coefficient (Wildman–Crippen LogP) is 9.88. The molecule has 5 nitrogen and oxygen atoms in total. The summed E-state index contributed by atoms with van der Waals surface area (Å²) in [6.45, 7) is 1.69. The normalized spacial score (nSPS) is 10.8. The average Bonchev–Trinajstić information content (AvgIpc) is 3.14. The van der Waals surface area contributed by atoms with Crippen LogP contribution in [0.2, 0.25) is 0 Å². The van der Waals surface area contributed by atoms with Crippen LogP contribution in [0, 0.1) is 0 Å². The van der Waals surface area contributed by atoms with E-state index in [1.165, 1.54) is 0 Å². The summed E-state index contributed by atoms with van der Waals surface area (Å²) in [6, 6.07) is 50.0. The summed E-state index contributed by atoms with van der Waals surface area (Å²) < 4.78 is 24.9. The van der Waals surface area contributed by atoms with Crippen molar-refractivity contribution in [3.8, 4) is 28.7 Å². The number of rotatable bonds is 16. The number of hydrogen-bond acceptors (Lipinski definition) is 5. The number of benzene rings is 6. The van der Waals surface area contributed by atoms with E-state index in [9.17, 15) is 5.11 Å². The molecule has 0 unspecified atom stereocenters. The monoisotopic (exact) mass is 636 g/mol. The number of phenols is 1. The third kappa shape index (κ3) is 9.43. The molecule has 0 saturated carbocycles. The number of aryl methyl sites for hydroxylation is 1. The van der Waals surface area contributed by atoms with Gasteiger partial charge in [-0.2, -0.15) is 0 Å². The third-order valence-electron chi connectivity index (χ3n) is 8.02. The Morgan fingerprint density at radius 2 is 0.833 bits per heavy atom. The number of hydrogen-bond donors (Lipinski definition) is 1. The van der Waals surface area contributed by atoms with Crippen molar-refractivity contribution in [1.82, 2.24) is 0 Å². The maximum absolute atomic E-state index is 11.2. The Balaban J connectivity index is 1.15. The van der Waals surface area contributed by atoms with Crippen LogP contribution in [-0.2, 0) is 39.3 Å². The van der Waals surface area contributed by atoms with Crippen LogP contribution in [0.4, 0.5) is 0 Å². The van der Waals surface area contributed by atoms with Gasteiger partial charge in [0.05, 0.1) is 0 Å². The zero-order chi connectivity index (χ0) is 32.8. The van der Waals surface area contributed by atoms with Gasteiger partial charge in [-0.15, -0.1) is 0 Å². The Bertz CT molecular complexity index is 1840. The standard InChI is InChI=1S/C43H40O5/c44-40-27-38(45-29-34-14-5-1-6-15-34)28-42(47-31-36-18-9-3-10-19-36)39(40)23-13-22-33-24-25-41(46-30-35-16-7-2-8-17-35)43(26-33)48-32-37-20-11-4-12-21-37/h1-12,14-21,24-28,44H,13,22-23,29-32H2. The molecule has 48 heavy (non-hydrogen) atoms. The number of aromatic hydroxyl groups is 1. The molecule has 6 aromatic rings. The second kappa shape index (κ2) is 16.8. The number of phenolic OH excluding ortho intramolecular Hbond substituents is 1. The van der Waals surface area contributed by atoms with E-state index in [-0.39, 0.29) is 5.75 Å². The molecule has 0 saturated heterocycles. The van der Waals surface area contributed by atoms with Gasteiger partial charge in [0, 0.05) is 17.7 Å². The highest BCUT2D eigenvalue weighted by Crippen LogP contribution is 2.36. The van der Waals surface area contributed by atoms with Crippen LogP contribution in [0.3, 0.4) is 0 Å². The highest BCUT2D eigenvalue weighted by Gasteiger charge is 2.15. The van der Waals surface area contributed by atoms with E-state index in [0.717, 1.165) is 46.2 Å². The first-order chi connectivity index (χ1) is 23.7. The van der Waals surface area contributed by atoms with Crippen molar-refractivity contribution >= 4 is 0 Å². The lowest BCUT2D eigenvalue weighted by atomic mass is 10.0. The Labute approximate surface area is 283 Å². The lowest BCUT2D eigenvalue weighted by Gasteiger charge is -2.17. The van der Waals surface area contributed by atoms with Crippen molar-refractivity contribution in [1.29, 1.82) is 0 Å². The molecule has 6 aromatic carbocycles. The van der Waals surface area contributed by atoms with Crippen LogP contribution in [-0.4, -0.2) is 5.11 Å². The molecule has 242 valence electrons. The predicted molar refractivity (Wildman–Crippen MR) is 190 cm³/mol. The van der Waals surface area contributed by atoms with Crippen LogP contribution >= 0.6 is 0 Å². The summed E-state index contributed by atoms with van der Waals surface area (Å²) in [4.78, 5) is 0. The van der Waals surface area contributed by atoms with Gasteiger partial charge in [0.15, 0.2) is 11.5 Å². The summed E-state index contributed by atoms with van der Waals surface area (Å²) in [7, 11) is 0. The lowest BCUT2D eigenvalue weighted by Crippen LogP contribution is -2.03. The van der Waals surface area contributed by atoms with Crippen molar-refractivity contribution in [2.24, 2.45) is 0 Å². The van der Waals surface area contributed by atoms with Crippen LogP contribution in [0.15, 0.2) is 152 Å². The molecule has 0 aliphatic carbocycles. The van der Waals surface area contributed by atoms with Crippen molar-refractivity contribution < 1.29 is 24.1 Å². The number of ether oxygens (including phenoxy) is 4. The van der Waals surface area contributed by atoms with E-state index in [1.807, 2.05) is 121 Å². The summed E-state index contributed by atoms with van der Waals surface area (Å²) in [5.41, 5.74) is 6.18. The second-order valence-electron chi connectivity index (χ2n) is 11.7. The van der Waals surface area contributed by atoms with Crippen molar-refractivity contribution in [3.05, 3.63) is 185 Å². The molecule has 0 spiro atoms. The SMILES string of the molecule is Oc1cc(OCc2ccccc2)cc(OCc2ccccc2)c1CCCc1ccc(OCc2ccccc2)c(OCc2ccccc2)c1. The topological polar surface area (TPSA) is 57.2 Å². The molecule has 0 atom stereocenters. The zero-order valence-electron chi connectivity index (χ0n) is 27.0. The molecule has 0 bridgehead atoms. The summed E-state index contributed by atoms with van der Waals surface area (Å²) in [5, 5.41) is 11.2. The first-order valence-corrected chi connectivity index (χ1v) is 16.4. The van der Waals surface area contributed by atoms with E-state index in [0.29, 0.717) is 55.8 Å². The van der Waals surface area contributed by atoms with Crippen LogP contribution < -0.4 is 18.9 Å². The lowest BCUT2D eigenvalue weighted by molar-refractivity contribution is 0.255. The molecular weight excluding hydrogens is 596 g/mol. The molecule has 0 heterocycles. The van der Waals surface area contributed by atoms with E-state index >= 15 is 0 Å². The van der Waals surface area contributed by atoms with Gasteiger partial charge in [-0.1, -0.05) is 127 Å². The fourth-order valence-corrected chi connectivity index (χ4v) is 5.43. The first kappa shape index (κ1) is 32.3. The Hall–Kier alpha value is -5.68. The third-order valence-corrected chi connectivity index (χ3v) is 8.02. The van der Waals surface area contributed by atoms with E-state index in [4.69, 9.17) is 18.9 Å². The Morgan fingerprint density at radius 1 is 0.375 bits per heavy atom. The molecule has 0 aliphatic heterocycles. The maximum Gasteiger partial charge on any atom is 0.161 e. The van der Waals surface area contributed by atoms with Gasteiger partial charge in [-0.3, -0.25) is 0 Å². The van der Waals surface area contributed by atoms with Crippen LogP contribution in [0.1, 0.15) is 39.8 Å². The Morgan fingerprint density at radius 3 is 1.35 bits per heavy atom. The van der Waals surface area contributed by atoms with Crippen LogP contribution in [0.25, 0.3) is 0 Å². The second-order valence-corrected chi connectivity index (χ2v) is 11.7. The van der Waals surface area contributed by atoms with Gasteiger partial charge in [0.1, 0.15) is 43.7 Å². The molecule has 1 N–H and O–H groups in total. The Kier molecular flexibility index (Phi) is 11.3. The van der Waals surface area contributed by atoms with E-state index in [2.05, 4.69) is 24.3 Å². The van der Waals surface area contributed by atoms with Gasteiger partial charge in [0.25, 0.3) is 0 Å². The van der Waals surface area contributed by atoms with Gasteiger partial charge in [0.2, 0.25) is 0 Å². The van der Waals surface area contributed by atoms with Gasteiger partial charge >= 0.3 is 0 Å². The van der Waals surface area contributed by atoms with Gasteiger partial charge in [-0.05, 0) is 59.2 Å². The molecule has 0 amide bonds. The summed E-state index contributed by atoms with van der Waals surface area (Å²) >= 11 is 0. The minimum Gasteiger partial charge on any atom is -0.507 e. The fraction of sp³-hybridized carbons (Fsp3) is 0.163. The molecule has 0 aromatic heterocycles. The molecule has 0 radical (unpaired) electrons. The molecule has 0 fully saturated rings. The van der Waals surface area contributed by atoms with Gasteiger partial charge < -0.3 is 24.1 Å².